The van der Waals surface area contributed by atoms with Gasteiger partial charge in [-0.3, -0.25) is 4.79 Å². The van der Waals surface area contributed by atoms with Crippen molar-refractivity contribution in [1.29, 1.82) is 5.26 Å². The van der Waals surface area contributed by atoms with Gasteiger partial charge in [-0.05, 0) is 35.7 Å². The van der Waals surface area contributed by atoms with Crippen LogP contribution in [0, 0.1) is 11.3 Å². The molecule has 2 N–H and O–H groups in total. The van der Waals surface area contributed by atoms with E-state index in [4.69, 9.17) is 5.26 Å². The molecule has 92 valence electrons. The van der Waals surface area contributed by atoms with Crippen LogP contribution in [0.1, 0.15) is 18.9 Å². The van der Waals surface area contributed by atoms with Gasteiger partial charge in [0.1, 0.15) is 0 Å². The van der Waals surface area contributed by atoms with E-state index in [0.717, 1.165) is 6.42 Å². The number of rotatable bonds is 7. The summed E-state index contributed by atoms with van der Waals surface area (Å²) in [6.07, 6.45) is 1.28. The lowest BCUT2D eigenvalue weighted by Gasteiger charge is -2.12. The van der Waals surface area contributed by atoms with Gasteiger partial charge in [-0.1, -0.05) is 0 Å². The van der Waals surface area contributed by atoms with Gasteiger partial charge in [-0.25, -0.2) is 0 Å². The van der Waals surface area contributed by atoms with Crippen molar-refractivity contribution in [2.24, 2.45) is 0 Å². The second kappa shape index (κ2) is 7.82. The van der Waals surface area contributed by atoms with E-state index < -0.39 is 0 Å². The maximum atomic E-state index is 11.3. The number of carbonyl (C=O) groups excluding carboxylic acids is 1. The van der Waals surface area contributed by atoms with E-state index >= 15 is 0 Å². The minimum absolute atomic E-state index is 0.0579. The molecule has 0 aromatic carbocycles. The molecule has 17 heavy (non-hydrogen) atoms. The van der Waals surface area contributed by atoms with Crippen molar-refractivity contribution < 1.29 is 4.79 Å². The van der Waals surface area contributed by atoms with Crippen molar-refractivity contribution in [3.05, 3.63) is 22.4 Å². The van der Waals surface area contributed by atoms with Crippen molar-refractivity contribution in [1.82, 2.24) is 10.6 Å². The third-order valence-electron chi connectivity index (χ3n) is 2.29. The summed E-state index contributed by atoms with van der Waals surface area (Å²) in [4.78, 5) is 11.3. The molecule has 0 radical (unpaired) electrons. The summed E-state index contributed by atoms with van der Waals surface area (Å²) >= 11 is 1.68. The van der Waals surface area contributed by atoms with Crippen LogP contribution in [0.25, 0.3) is 0 Å². The maximum absolute atomic E-state index is 11.3. The molecule has 0 bridgehead atoms. The first-order chi connectivity index (χ1) is 8.22. The van der Waals surface area contributed by atoms with Gasteiger partial charge in [0.25, 0.3) is 0 Å². The highest BCUT2D eigenvalue weighted by atomic mass is 32.1. The fraction of sp³-hybridized carbons (Fsp3) is 0.500. The van der Waals surface area contributed by atoms with Gasteiger partial charge in [0, 0.05) is 12.6 Å². The number of nitrogens with zero attached hydrogens (tertiary/aromatic N) is 1. The molecule has 1 unspecified atom stereocenters. The third-order valence-corrected chi connectivity index (χ3v) is 3.02. The fourth-order valence-corrected chi connectivity index (χ4v) is 2.10. The zero-order valence-electron chi connectivity index (χ0n) is 9.90. The van der Waals surface area contributed by atoms with Crippen LogP contribution >= 0.6 is 11.3 Å². The third kappa shape index (κ3) is 6.05. The van der Waals surface area contributed by atoms with Gasteiger partial charge in [0.05, 0.1) is 19.0 Å². The number of carbonyl (C=O) groups is 1. The first-order valence-corrected chi connectivity index (χ1v) is 6.54. The van der Waals surface area contributed by atoms with Crippen molar-refractivity contribution in [2.45, 2.75) is 25.8 Å². The average Bonchev–Trinajstić information content (AvgIpc) is 2.79. The monoisotopic (exact) mass is 251 g/mol. The number of thiophene rings is 1. The normalized spacial score (nSPS) is 11.8. The first-order valence-electron chi connectivity index (χ1n) is 5.60. The molecule has 1 atom stereocenters. The predicted molar refractivity (Wildman–Crippen MR) is 68.7 cm³/mol. The molecule has 0 saturated heterocycles. The lowest BCUT2D eigenvalue weighted by molar-refractivity contribution is -0.120. The summed E-state index contributed by atoms with van der Waals surface area (Å²) in [6.45, 7) is 2.78. The zero-order valence-corrected chi connectivity index (χ0v) is 10.7. The van der Waals surface area contributed by atoms with Gasteiger partial charge in [0.2, 0.25) is 5.91 Å². The second-order valence-corrected chi connectivity index (χ2v) is 4.66. The van der Waals surface area contributed by atoms with E-state index in [2.05, 4.69) is 34.4 Å². The van der Waals surface area contributed by atoms with Gasteiger partial charge >= 0.3 is 0 Å². The lowest BCUT2D eigenvalue weighted by Crippen LogP contribution is -2.39. The Bertz CT molecular complexity index is 370. The zero-order chi connectivity index (χ0) is 12.5. The summed E-state index contributed by atoms with van der Waals surface area (Å²) in [5, 5.41) is 18.3. The van der Waals surface area contributed by atoms with Gasteiger partial charge in [-0.2, -0.15) is 16.6 Å². The molecule has 5 heteroatoms. The SMILES string of the molecule is CC(Cc1ccsc1)NCC(=O)NCCC#N. The highest BCUT2D eigenvalue weighted by Gasteiger charge is 2.06. The van der Waals surface area contributed by atoms with Gasteiger partial charge < -0.3 is 10.6 Å². The van der Waals surface area contributed by atoms with Crippen molar-refractivity contribution >= 4 is 17.2 Å². The molecule has 1 heterocycles. The molecule has 1 aromatic rings. The van der Waals surface area contributed by atoms with E-state index in [9.17, 15) is 4.79 Å². The van der Waals surface area contributed by atoms with E-state index in [1.165, 1.54) is 5.56 Å². The van der Waals surface area contributed by atoms with Crippen LogP contribution in [-0.4, -0.2) is 25.0 Å². The van der Waals surface area contributed by atoms with Crippen molar-refractivity contribution in [3.63, 3.8) is 0 Å². The fourth-order valence-electron chi connectivity index (χ4n) is 1.42. The topological polar surface area (TPSA) is 64.9 Å². The number of nitriles is 1. The van der Waals surface area contributed by atoms with Crippen LogP contribution in [-0.2, 0) is 11.2 Å². The summed E-state index contributed by atoms with van der Waals surface area (Å²) in [5.41, 5.74) is 1.29. The Morgan fingerprint density at radius 1 is 1.65 bits per heavy atom. The molecule has 0 aliphatic rings. The summed E-state index contributed by atoms with van der Waals surface area (Å²) in [6, 6.07) is 4.35. The van der Waals surface area contributed by atoms with E-state index in [0.29, 0.717) is 19.5 Å². The molecule has 1 rings (SSSR count). The Hall–Kier alpha value is -1.38. The largest absolute Gasteiger partial charge is 0.354 e. The molecule has 4 nitrogen and oxygen atoms in total. The number of amides is 1. The Kier molecular flexibility index (Phi) is 6.30. The van der Waals surface area contributed by atoms with Crippen LogP contribution in [0.5, 0.6) is 0 Å². The van der Waals surface area contributed by atoms with Gasteiger partial charge in [-0.15, -0.1) is 0 Å². The Balaban J connectivity index is 2.13. The maximum Gasteiger partial charge on any atom is 0.233 e. The Morgan fingerprint density at radius 2 is 2.47 bits per heavy atom. The van der Waals surface area contributed by atoms with Crippen molar-refractivity contribution in [2.75, 3.05) is 13.1 Å². The molecular weight excluding hydrogens is 234 g/mol. The molecule has 0 spiro atoms. The molecular formula is C12H17N3OS. The summed E-state index contributed by atoms with van der Waals surface area (Å²) in [7, 11) is 0. The smallest absolute Gasteiger partial charge is 0.233 e. The predicted octanol–water partition coefficient (Wildman–Crippen LogP) is 1.30. The Labute approximate surface area is 106 Å². The lowest BCUT2D eigenvalue weighted by atomic mass is 10.1. The van der Waals surface area contributed by atoms with Crippen LogP contribution in [0.3, 0.4) is 0 Å². The molecule has 0 aliphatic heterocycles. The van der Waals surface area contributed by atoms with E-state index in [-0.39, 0.29) is 11.9 Å². The first kappa shape index (κ1) is 13.7. The van der Waals surface area contributed by atoms with Crippen LogP contribution in [0.15, 0.2) is 16.8 Å². The van der Waals surface area contributed by atoms with Crippen LogP contribution in [0.4, 0.5) is 0 Å². The number of nitrogens with one attached hydrogen (secondary N) is 2. The molecule has 0 saturated carbocycles. The van der Waals surface area contributed by atoms with Crippen LogP contribution in [0.2, 0.25) is 0 Å². The van der Waals surface area contributed by atoms with Gasteiger partial charge in [0.15, 0.2) is 0 Å². The highest BCUT2D eigenvalue weighted by Crippen LogP contribution is 2.08. The van der Waals surface area contributed by atoms with Crippen LogP contribution < -0.4 is 10.6 Å². The highest BCUT2D eigenvalue weighted by molar-refractivity contribution is 7.07. The van der Waals surface area contributed by atoms with E-state index in [1.54, 1.807) is 11.3 Å². The Morgan fingerprint density at radius 3 is 3.12 bits per heavy atom. The molecule has 1 amide bonds. The van der Waals surface area contributed by atoms with Crippen molar-refractivity contribution in [3.8, 4) is 6.07 Å². The second-order valence-electron chi connectivity index (χ2n) is 3.88. The minimum Gasteiger partial charge on any atom is -0.354 e. The standard InChI is InChI=1S/C12H17N3OS/c1-10(7-11-3-6-17-9-11)15-8-12(16)14-5-2-4-13/h3,6,9-10,15H,2,5,7-8H2,1H3,(H,14,16). The average molecular weight is 251 g/mol. The number of hydrogen-bond acceptors (Lipinski definition) is 4. The molecule has 0 aliphatic carbocycles. The number of hydrogen-bond donors (Lipinski definition) is 2. The van der Waals surface area contributed by atoms with E-state index in [1.807, 2.05) is 6.07 Å². The minimum atomic E-state index is -0.0579. The summed E-state index contributed by atoms with van der Waals surface area (Å²) < 4.78 is 0. The molecule has 1 aromatic heterocycles. The summed E-state index contributed by atoms with van der Waals surface area (Å²) in [5.74, 6) is -0.0579. The quantitative estimate of drug-likeness (QED) is 0.718. The molecule has 0 fully saturated rings.